The van der Waals surface area contributed by atoms with Crippen molar-refractivity contribution in [2.45, 2.75) is 13.3 Å². The molecule has 0 aliphatic heterocycles. The van der Waals surface area contributed by atoms with Crippen molar-refractivity contribution in [1.29, 1.82) is 0 Å². The fourth-order valence-electron chi connectivity index (χ4n) is 2.27. The van der Waals surface area contributed by atoms with Crippen LogP contribution in [0.3, 0.4) is 0 Å². The van der Waals surface area contributed by atoms with E-state index in [2.05, 4.69) is 31.2 Å². The molecule has 0 bridgehead atoms. The Balaban J connectivity index is 2.25. The average Bonchev–Trinajstić information content (AvgIpc) is 2.46. The van der Waals surface area contributed by atoms with Crippen LogP contribution >= 0.6 is 0 Å². The van der Waals surface area contributed by atoms with Gasteiger partial charge in [0.2, 0.25) is 0 Å². The topological polar surface area (TPSA) is 30.2 Å². The molecule has 2 nitrogen and oxygen atoms in total. The molecular weight excluding hydrogens is 236 g/mol. The summed E-state index contributed by atoms with van der Waals surface area (Å²) in [6.07, 6.45) is 1.01. The Hall–Kier alpha value is -2.35. The highest BCUT2D eigenvalue weighted by molar-refractivity contribution is 5.93. The molecule has 0 amide bonds. The molecule has 19 heavy (non-hydrogen) atoms. The second-order valence-corrected chi connectivity index (χ2v) is 4.53. The predicted molar refractivity (Wildman–Crippen MR) is 77.3 cm³/mol. The zero-order chi connectivity index (χ0) is 13.2. The molecule has 1 heterocycles. The fraction of sp³-hybridized carbons (Fsp3) is 0.118. The van der Waals surface area contributed by atoms with Crippen molar-refractivity contribution in [2.75, 3.05) is 0 Å². The Morgan fingerprint density at radius 3 is 2.47 bits per heavy atom. The third kappa shape index (κ3) is 2.17. The molecule has 2 heteroatoms. The van der Waals surface area contributed by atoms with Gasteiger partial charge in [-0.2, -0.15) is 0 Å². The number of fused-ring (bicyclic) bond motifs is 1. The lowest BCUT2D eigenvalue weighted by Crippen LogP contribution is -1.97. The van der Waals surface area contributed by atoms with E-state index < -0.39 is 0 Å². The molecular formula is C17H14O2. The molecule has 0 radical (unpaired) electrons. The van der Waals surface area contributed by atoms with Crippen molar-refractivity contribution in [3.05, 3.63) is 70.6 Å². The Morgan fingerprint density at radius 2 is 1.74 bits per heavy atom. The molecule has 3 aromatic rings. The number of rotatable bonds is 2. The number of aryl methyl sites for hydroxylation is 1. The first-order chi connectivity index (χ1) is 9.28. The van der Waals surface area contributed by atoms with Crippen molar-refractivity contribution < 1.29 is 4.42 Å². The van der Waals surface area contributed by atoms with E-state index in [0.717, 1.165) is 22.9 Å². The minimum atomic E-state index is -0.312. The Kier molecular flexibility index (Phi) is 2.92. The van der Waals surface area contributed by atoms with E-state index >= 15 is 0 Å². The Morgan fingerprint density at radius 1 is 1.00 bits per heavy atom. The molecule has 0 saturated carbocycles. The normalized spacial score (nSPS) is 10.8. The van der Waals surface area contributed by atoms with Gasteiger partial charge in [-0.15, -0.1) is 0 Å². The molecule has 0 spiro atoms. The van der Waals surface area contributed by atoms with Crippen LogP contribution in [-0.2, 0) is 6.42 Å². The summed E-state index contributed by atoms with van der Waals surface area (Å²) in [4.78, 5) is 11.6. The van der Waals surface area contributed by atoms with E-state index in [0.29, 0.717) is 5.58 Å². The molecule has 0 atom stereocenters. The molecule has 0 fully saturated rings. The van der Waals surface area contributed by atoms with E-state index in [1.807, 2.05) is 24.3 Å². The maximum atomic E-state index is 11.6. The van der Waals surface area contributed by atoms with Crippen LogP contribution in [0, 0.1) is 0 Å². The molecule has 94 valence electrons. The summed E-state index contributed by atoms with van der Waals surface area (Å²) in [7, 11) is 0. The van der Waals surface area contributed by atoms with Crippen LogP contribution < -0.4 is 5.63 Å². The predicted octanol–water partition coefficient (Wildman–Crippen LogP) is 4.02. The lowest BCUT2D eigenvalue weighted by atomic mass is 10.0. The fourth-order valence-corrected chi connectivity index (χ4v) is 2.27. The molecule has 2 aromatic carbocycles. The summed E-state index contributed by atoms with van der Waals surface area (Å²) in [6, 6.07) is 17.5. The minimum absolute atomic E-state index is 0.312. The highest BCUT2D eigenvalue weighted by atomic mass is 16.4. The summed E-state index contributed by atoms with van der Waals surface area (Å²) in [6.45, 7) is 2.13. The third-order valence-electron chi connectivity index (χ3n) is 3.32. The van der Waals surface area contributed by atoms with Gasteiger partial charge in [0.1, 0.15) is 5.58 Å². The zero-order valence-electron chi connectivity index (χ0n) is 10.7. The third-order valence-corrected chi connectivity index (χ3v) is 3.32. The van der Waals surface area contributed by atoms with E-state index in [4.69, 9.17) is 4.42 Å². The average molecular weight is 250 g/mol. The maximum absolute atomic E-state index is 11.6. The van der Waals surface area contributed by atoms with Crippen molar-refractivity contribution in [1.82, 2.24) is 0 Å². The molecule has 0 saturated heterocycles. The van der Waals surface area contributed by atoms with Crippen LogP contribution in [0.2, 0.25) is 0 Å². The lowest BCUT2D eigenvalue weighted by Gasteiger charge is -2.06. The molecule has 0 aliphatic rings. The summed E-state index contributed by atoms with van der Waals surface area (Å²) in [5.41, 5.74) is 3.57. The molecule has 0 unspecified atom stereocenters. The summed E-state index contributed by atoms with van der Waals surface area (Å²) < 4.78 is 5.21. The van der Waals surface area contributed by atoms with E-state index in [1.165, 1.54) is 5.56 Å². The van der Waals surface area contributed by atoms with Crippen LogP contribution in [0.25, 0.3) is 22.1 Å². The smallest absolute Gasteiger partial charge is 0.336 e. The quantitative estimate of drug-likeness (QED) is 0.643. The van der Waals surface area contributed by atoms with E-state index in [-0.39, 0.29) is 5.63 Å². The van der Waals surface area contributed by atoms with Crippen LogP contribution in [-0.4, -0.2) is 0 Å². The van der Waals surface area contributed by atoms with Crippen LogP contribution in [0.1, 0.15) is 12.5 Å². The first kappa shape index (κ1) is 11.7. The van der Waals surface area contributed by atoms with Gasteiger partial charge in [-0.05, 0) is 29.2 Å². The van der Waals surface area contributed by atoms with Gasteiger partial charge in [0, 0.05) is 11.5 Å². The first-order valence-electron chi connectivity index (χ1n) is 6.40. The largest absolute Gasteiger partial charge is 0.423 e. The number of hydrogen-bond acceptors (Lipinski definition) is 2. The molecule has 1 aromatic heterocycles. The van der Waals surface area contributed by atoms with Gasteiger partial charge in [0.25, 0.3) is 0 Å². The molecule has 3 rings (SSSR count). The van der Waals surface area contributed by atoms with Crippen molar-refractivity contribution in [2.24, 2.45) is 0 Å². The monoisotopic (exact) mass is 250 g/mol. The van der Waals surface area contributed by atoms with Crippen molar-refractivity contribution in [3.8, 4) is 11.1 Å². The van der Waals surface area contributed by atoms with Gasteiger partial charge >= 0.3 is 5.63 Å². The molecule has 0 N–H and O–H groups in total. The number of hydrogen-bond donors (Lipinski definition) is 0. The zero-order valence-corrected chi connectivity index (χ0v) is 10.7. The van der Waals surface area contributed by atoms with Gasteiger partial charge < -0.3 is 4.42 Å². The van der Waals surface area contributed by atoms with E-state index in [9.17, 15) is 4.79 Å². The Labute approximate surface area is 111 Å². The summed E-state index contributed by atoms with van der Waals surface area (Å²) >= 11 is 0. The van der Waals surface area contributed by atoms with Crippen molar-refractivity contribution >= 4 is 11.0 Å². The van der Waals surface area contributed by atoms with Crippen LogP contribution in [0.4, 0.5) is 0 Å². The molecule has 0 aliphatic carbocycles. The standard InChI is InChI=1S/C17H14O2/c1-2-12-7-9-13(10-8-12)15-11-17(18)19-16-6-4-3-5-14(15)16/h3-11H,2H2,1H3. The van der Waals surface area contributed by atoms with Crippen LogP contribution in [0.5, 0.6) is 0 Å². The van der Waals surface area contributed by atoms with Gasteiger partial charge in [-0.25, -0.2) is 4.79 Å². The van der Waals surface area contributed by atoms with E-state index in [1.54, 1.807) is 6.07 Å². The van der Waals surface area contributed by atoms with Gasteiger partial charge in [0.15, 0.2) is 0 Å². The second-order valence-electron chi connectivity index (χ2n) is 4.53. The summed E-state index contributed by atoms with van der Waals surface area (Å²) in [5, 5.41) is 0.964. The highest BCUT2D eigenvalue weighted by Crippen LogP contribution is 2.27. The van der Waals surface area contributed by atoms with Crippen molar-refractivity contribution in [3.63, 3.8) is 0 Å². The highest BCUT2D eigenvalue weighted by Gasteiger charge is 2.06. The number of para-hydroxylation sites is 1. The van der Waals surface area contributed by atoms with Gasteiger partial charge in [0.05, 0.1) is 0 Å². The summed E-state index contributed by atoms with van der Waals surface area (Å²) in [5.74, 6) is 0. The van der Waals surface area contributed by atoms with Gasteiger partial charge in [-0.3, -0.25) is 0 Å². The van der Waals surface area contributed by atoms with Crippen LogP contribution in [0.15, 0.2) is 63.8 Å². The second kappa shape index (κ2) is 4.73. The first-order valence-corrected chi connectivity index (χ1v) is 6.40. The SMILES string of the molecule is CCc1ccc(-c2cc(=O)oc3ccccc23)cc1. The van der Waals surface area contributed by atoms with Gasteiger partial charge in [-0.1, -0.05) is 49.4 Å². The minimum Gasteiger partial charge on any atom is -0.423 e. The lowest BCUT2D eigenvalue weighted by molar-refractivity contribution is 0.561. The number of benzene rings is 2. The maximum Gasteiger partial charge on any atom is 0.336 e. The Bertz CT molecular complexity index is 767.